The molecule has 1 heterocycles. The summed E-state index contributed by atoms with van der Waals surface area (Å²) < 4.78 is 16.5. The van der Waals surface area contributed by atoms with Gasteiger partial charge in [0.2, 0.25) is 0 Å². The minimum Gasteiger partial charge on any atom is -0.486 e. The van der Waals surface area contributed by atoms with Gasteiger partial charge in [0.25, 0.3) is 0 Å². The molecule has 1 aliphatic carbocycles. The Hall–Kier alpha value is -1.26. The number of benzene rings is 1. The van der Waals surface area contributed by atoms with Crippen molar-refractivity contribution in [3.05, 3.63) is 23.8 Å². The van der Waals surface area contributed by atoms with E-state index in [1.54, 1.807) is 0 Å². The van der Waals surface area contributed by atoms with Crippen LogP contribution in [-0.2, 0) is 4.74 Å². The molecule has 1 atom stereocenters. The van der Waals surface area contributed by atoms with Crippen molar-refractivity contribution in [2.45, 2.75) is 25.4 Å². The quantitative estimate of drug-likeness (QED) is 0.801. The number of aliphatic hydroxyl groups is 1. The summed E-state index contributed by atoms with van der Waals surface area (Å²) in [5.74, 6) is 2.32. The van der Waals surface area contributed by atoms with Crippen LogP contribution in [0.25, 0.3) is 0 Å². The average molecular weight is 264 g/mol. The zero-order valence-corrected chi connectivity index (χ0v) is 11.0. The molecular weight excluding hydrogens is 244 g/mol. The van der Waals surface area contributed by atoms with Gasteiger partial charge >= 0.3 is 0 Å². The Morgan fingerprint density at radius 3 is 2.79 bits per heavy atom. The molecule has 1 N–H and O–H groups in total. The lowest BCUT2D eigenvalue weighted by molar-refractivity contribution is 0.0334. The Bertz CT molecular complexity index is 428. The van der Waals surface area contributed by atoms with E-state index in [4.69, 9.17) is 14.2 Å². The number of rotatable bonds is 6. The van der Waals surface area contributed by atoms with Gasteiger partial charge in [0.15, 0.2) is 11.5 Å². The highest BCUT2D eigenvalue weighted by atomic mass is 16.6. The van der Waals surface area contributed by atoms with Crippen molar-refractivity contribution >= 4 is 0 Å². The van der Waals surface area contributed by atoms with Crippen LogP contribution in [0.2, 0.25) is 0 Å². The highest BCUT2D eigenvalue weighted by molar-refractivity contribution is 5.44. The van der Waals surface area contributed by atoms with Crippen LogP contribution in [0.15, 0.2) is 18.2 Å². The van der Waals surface area contributed by atoms with E-state index in [1.807, 2.05) is 18.2 Å². The van der Waals surface area contributed by atoms with Gasteiger partial charge in [0.1, 0.15) is 19.3 Å². The van der Waals surface area contributed by atoms with E-state index < -0.39 is 6.10 Å². The van der Waals surface area contributed by atoms with Gasteiger partial charge in [-0.15, -0.1) is 0 Å². The van der Waals surface area contributed by atoms with Gasteiger partial charge < -0.3 is 19.3 Å². The highest BCUT2D eigenvalue weighted by Crippen LogP contribution is 2.33. The third kappa shape index (κ3) is 3.39. The summed E-state index contributed by atoms with van der Waals surface area (Å²) in [6, 6.07) is 5.54. The first-order chi connectivity index (χ1) is 9.33. The smallest absolute Gasteiger partial charge is 0.161 e. The molecule has 104 valence electrons. The van der Waals surface area contributed by atoms with Crippen molar-refractivity contribution in [3.8, 4) is 11.5 Å². The third-order valence-corrected chi connectivity index (χ3v) is 3.59. The minimum atomic E-state index is -0.602. The first-order valence-electron chi connectivity index (χ1n) is 6.98. The molecule has 0 bridgehead atoms. The topological polar surface area (TPSA) is 47.9 Å². The Morgan fingerprint density at radius 2 is 2.00 bits per heavy atom. The molecule has 4 nitrogen and oxygen atoms in total. The van der Waals surface area contributed by atoms with Crippen LogP contribution < -0.4 is 9.47 Å². The van der Waals surface area contributed by atoms with Gasteiger partial charge in [-0.3, -0.25) is 0 Å². The molecule has 1 fully saturated rings. The Balaban J connectivity index is 1.51. The van der Waals surface area contributed by atoms with E-state index in [0.29, 0.717) is 25.6 Å². The van der Waals surface area contributed by atoms with E-state index in [0.717, 1.165) is 30.3 Å². The molecule has 19 heavy (non-hydrogen) atoms. The van der Waals surface area contributed by atoms with Crippen LogP contribution in [0, 0.1) is 5.92 Å². The summed E-state index contributed by atoms with van der Waals surface area (Å²) in [6.07, 6.45) is 3.20. The molecule has 1 unspecified atom stereocenters. The number of fused-ring (bicyclic) bond motifs is 1. The van der Waals surface area contributed by atoms with Crippen molar-refractivity contribution in [3.63, 3.8) is 0 Å². The number of aliphatic hydroxyl groups excluding tert-OH is 1. The Kier molecular flexibility index (Phi) is 3.89. The van der Waals surface area contributed by atoms with Crippen molar-refractivity contribution < 1.29 is 19.3 Å². The van der Waals surface area contributed by atoms with Gasteiger partial charge in [-0.05, 0) is 30.0 Å². The summed E-state index contributed by atoms with van der Waals surface area (Å²) in [6.45, 7) is 2.22. The molecule has 1 aromatic carbocycles. The van der Waals surface area contributed by atoms with Crippen LogP contribution in [0.3, 0.4) is 0 Å². The standard InChI is InChI=1S/C15H20O4/c16-13(10-17-6-5-11-1-2-11)12-3-4-14-15(9-12)19-8-7-18-14/h3-4,9,11,13,16H,1-2,5-8,10H2. The minimum absolute atomic E-state index is 0.340. The van der Waals surface area contributed by atoms with E-state index in [2.05, 4.69) is 0 Å². The van der Waals surface area contributed by atoms with Crippen LogP contribution in [0.4, 0.5) is 0 Å². The zero-order valence-electron chi connectivity index (χ0n) is 11.0. The fourth-order valence-corrected chi connectivity index (χ4v) is 2.21. The van der Waals surface area contributed by atoms with Crippen molar-refractivity contribution in [2.75, 3.05) is 26.4 Å². The van der Waals surface area contributed by atoms with Gasteiger partial charge in [-0.2, -0.15) is 0 Å². The lowest BCUT2D eigenvalue weighted by atomic mass is 10.1. The van der Waals surface area contributed by atoms with Crippen molar-refractivity contribution in [2.24, 2.45) is 5.92 Å². The van der Waals surface area contributed by atoms with E-state index in [-0.39, 0.29) is 0 Å². The van der Waals surface area contributed by atoms with Crippen LogP contribution in [0.1, 0.15) is 30.9 Å². The maximum atomic E-state index is 10.1. The van der Waals surface area contributed by atoms with E-state index in [9.17, 15) is 5.11 Å². The second-order valence-electron chi connectivity index (χ2n) is 5.23. The van der Waals surface area contributed by atoms with Crippen LogP contribution >= 0.6 is 0 Å². The Labute approximate surface area is 113 Å². The SMILES string of the molecule is OC(COCCC1CC1)c1ccc2c(c1)OCCO2. The predicted molar refractivity (Wildman–Crippen MR) is 70.6 cm³/mol. The lowest BCUT2D eigenvalue weighted by Crippen LogP contribution is -2.16. The predicted octanol–water partition coefficient (Wildman–Crippen LogP) is 2.31. The molecule has 3 rings (SSSR count). The van der Waals surface area contributed by atoms with Gasteiger partial charge in [-0.25, -0.2) is 0 Å². The molecule has 0 aromatic heterocycles. The summed E-state index contributed by atoms with van der Waals surface area (Å²) in [5, 5.41) is 10.1. The van der Waals surface area contributed by atoms with Crippen molar-refractivity contribution in [1.82, 2.24) is 0 Å². The summed E-state index contributed by atoms with van der Waals surface area (Å²) in [4.78, 5) is 0. The third-order valence-electron chi connectivity index (χ3n) is 3.59. The summed E-state index contributed by atoms with van der Waals surface area (Å²) in [7, 11) is 0. The first-order valence-corrected chi connectivity index (χ1v) is 6.98. The zero-order chi connectivity index (χ0) is 13.1. The van der Waals surface area contributed by atoms with Crippen molar-refractivity contribution in [1.29, 1.82) is 0 Å². The molecule has 0 saturated heterocycles. The first kappa shape index (κ1) is 12.8. The molecule has 1 saturated carbocycles. The lowest BCUT2D eigenvalue weighted by Gasteiger charge is -2.20. The molecule has 1 aliphatic heterocycles. The molecule has 0 radical (unpaired) electrons. The maximum Gasteiger partial charge on any atom is 0.161 e. The monoisotopic (exact) mass is 264 g/mol. The summed E-state index contributed by atoms with van der Waals surface area (Å²) >= 11 is 0. The molecule has 2 aliphatic rings. The molecule has 1 aromatic rings. The van der Waals surface area contributed by atoms with Crippen LogP contribution in [-0.4, -0.2) is 31.5 Å². The molecule has 0 spiro atoms. The number of hydrogen-bond acceptors (Lipinski definition) is 4. The molecule has 0 amide bonds. The van der Waals surface area contributed by atoms with E-state index in [1.165, 1.54) is 12.8 Å². The fraction of sp³-hybridized carbons (Fsp3) is 0.600. The normalized spacial score (nSPS) is 19.2. The Morgan fingerprint density at radius 1 is 1.21 bits per heavy atom. The van der Waals surface area contributed by atoms with Gasteiger partial charge in [-0.1, -0.05) is 18.9 Å². The largest absolute Gasteiger partial charge is 0.486 e. The molecule has 4 heteroatoms. The number of hydrogen-bond donors (Lipinski definition) is 1. The second-order valence-corrected chi connectivity index (χ2v) is 5.23. The maximum absolute atomic E-state index is 10.1. The second kappa shape index (κ2) is 5.80. The van der Waals surface area contributed by atoms with Crippen LogP contribution in [0.5, 0.6) is 11.5 Å². The highest BCUT2D eigenvalue weighted by Gasteiger charge is 2.21. The van der Waals surface area contributed by atoms with Gasteiger partial charge in [0.05, 0.1) is 6.61 Å². The number of ether oxygens (including phenoxy) is 3. The van der Waals surface area contributed by atoms with E-state index >= 15 is 0 Å². The molecular formula is C15H20O4. The fourth-order valence-electron chi connectivity index (χ4n) is 2.21. The average Bonchev–Trinajstić information content (AvgIpc) is 3.27. The van der Waals surface area contributed by atoms with Gasteiger partial charge in [0, 0.05) is 6.61 Å². The summed E-state index contributed by atoms with van der Waals surface area (Å²) in [5.41, 5.74) is 0.815.